The molecule has 0 saturated carbocycles. The van der Waals surface area contributed by atoms with Crippen molar-refractivity contribution in [2.45, 2.75) is 0 Å². The van der Waals surface area contributed by atoms with Crippen molar-refractivity contribution in [3.05, 3.63) is 88.5 Å². The molecule has 0 saturated heterocycles. The lowest BCUT2D eigenvalue weighted by Crippen LogP contribution is -2.20. The Kier molecular flexibility index (Phi) is 5.76. The van der Waals surface area contributed by atoms with Crippen molar-refractivity contribution in [2.24, 2.45) is 0 Å². The fraction of sp³-hybridized carbons (Fsp3) is 0.0476. The first-order valence-electron chi connectivity index (χ1n) is 8.40. The zero-order valence-corrected chi connectivity index (χ0v) is 14.7. The van der Waals surface area contributed by atoms with Gasteiger partial charge in [-0.2, -0.15) is 0 Å². The van der Waals surface area contributed by atoms with Gasteiger partial charge in [-0.15, -0.1) is 0 Å². The van der Waals surface area contributed by atoms with Crippen LogP contribution < -0.4 is 5.32 Å². The van der Waals surface area contributed by atoms with Gasteiger partial charge >= 0.3 is 5.97 Å². The fourth-order valence-electron chi connectivity index (χ4n) is 2.58. The van der Waals surface area contributed by atoms with E-state index >= 15 is 0 Å². The smallest absolute Gasteiger partial charge is 0.331 e. The molecule has 0 bridgehead atoms. The van der Waals surface area contributed by atoms with E-state index in [-0.39, 0.29) is 5.69 Å². The molecule has 0 aliphatic rings. The number of fused-ring (bicyclic) bond motifs is 1. The third-order valence-electron chi connectivity index (χ3n) is 3.93. The number of nitrogens with one attached hydrogen (secondary N) is 1. The van der Waals surface area contributed by atoms with Gasteiger partial charge in [0, 0.05) is 29.3 Å². The molecular formula is C21H16N2O5. The second-order valence-electron chi connectivity index (χ2n) is 5.86. The molecule has 0 aromatic heterocycles. The molecule has 0 radical (unpaired) electrons. The lowest BCUT2D eigenvalue weighted by Gasteiger charge is -2.08. The molecule has 3 aromatic rings. The zero-order chi connectivity index (χ0) is 19.9. The molecule has 1 N–H and O–H groups in total. The van der Waals surface area contributed by atoms with Crippen LogP contribution in [0.25, 0.3) is 16.8 Å². The minimum Gasteiger partial charge on any atom is -0.452 e. The summed E-state index contributed by atoms with van der Waals surface area (Å²) in [5, 5.41) is 15.2. The lowest BCUT2D eigenvalue weighted by molar-refractivity contribution is -0.384. The first-order valence-corrected chi connectivity index (χ1v) is 8.40. The Bertz CT molecular complexity index is 1050. The summed E-state index contributed by atoms with van der Waals surface area (Å²) in [4.78, 5) is 33.9. The lowest BCUT2D eigenvalue weighted by atomic mass is 10.1. The van der Waals surface area contributed by atoms with Crippen LogP contribution in [0.5, 0.6) is 0 Å². The first kappa shape index (κ1) is 18.8. The standard InChI is InChI=1S/C21H16N2O5/c24-20(22-19-7-3-5-16-4-1-2-6-18(16)19)14-28-21(25)13-10-15-8-11-17(12-9-15)23(26)27/h1-13H,14H2,(H,22,24)/b13-10+. The van der Waals surface area contributed by atoms with E-state index in [9.17, 15) is 19.7 Å². The number of anilines is 1. The maximum absolute atomic E-state index is 12.1. The van der Waals surface area contributed by atoms with Crippen LogP contribution in [0.4, 0.5) is 11.4 Å². The molecule has 3 rings (SSSR count). The SMILES string of the molecule is O=C(COC(=O)/C=C/c1ccc([N+](=O)[O-])cc1)Nc1cccc2ccccc12. The Morgan fingerprint density at radius 2 is 1.71 bits per heavy atom. The molecule has 140 valence electrons. The van der Waals surface area contributed by atoms with E-state index in [0.717, 1.165) is 16.8 Å². The summed E-state index contributed by atoms with van der Waals surface area (Å²) in [7, 11) is 0. The number of rotatable bonds is 6. The number of amides is 1. The van der Waals surface area contributed by atoms with Gasteiger partial charge in [0.2, 0.25) is 0 Å². The van der Waals surface area contributed by atoms with E-state index in [0.29, 0.717) is 11.3 Å². The Morgan fingerprint density at radius 3 is 2.46 bits per heavy atom. The second kappa shape index (κ2) is 8.59. The summed E-state index contributed by atoms with van der Waals surface area (Å²) < 4.78 is 4.93. The number of hydrogen-bond acceptors (Lipinski definition) is 5. The van der Waals surface area contributed by atoms with Gasteiger partial charge in [0.15, 0.2) is 6.61 Å². The monoisotopic (exact) mass is 376 g/mol. The van der Waals surface area contributed by atoms with Crippen molar-refractivity contribution in [1.29, 1.82) is 0 Å². The number of nitro groups is 1. The molecule has 0 heterocycles. The maximum Gasteiger partial charge on any atom is 0.331 e. The number of ether oxygens (including phenoxy) is 1. The minimum atomic E-state index is -0.688. The number of carbonyl (C=O) groups excluding carboxylic acids is 2. The molecule has 0 atom stereocenters. The molecule has 7 heteroatoms. The quantitative estimate of drug-likeness (QED) is 0.304. The van der Waals surface area contributed by atoms with Gasteiger partial charge in [-0.3, -0.25) is 14.9 Å². The van der Waals surface area contributed by atoms with Crippen molar-refractivity contribution >= 4 is 40.1 Å². The van der Waals surface area contributed by atoms with Crippen LogP contribution in [-0.2, 0) is 14.3 Å². The molecule has 0 aliphatic heterocycles. The van der Waals surface area contributed by atoms with Gasteiger partial charge in [0.05, 0.1) is 4.92 Å². The van der Waals surface area contributed by atoms with Crippen molar-refractivity contribution in [3.63, 3.8) is 0 Å². The predicted octanol–water partition coefficient (Wildman–Crippen LogP) is 3.94. The van der Waals surface area contributed by atoms with Crippen LogP contribution in [0.1, 0.15) is 5.56 Å². The van der Waals surface area contributed by atoms with E-state index in [2.05, 4.69) is 5.32 Å². The summed E-state index contributed by atoms with van der Waals surface area (Å²) >= 11 is 0. The van der Waals surface area contributed by atoms with E-state index < -0.39 is 23.4 Å². The van der Waals surface area contributed by atoms with Gasteiger partial charge in [0.1, 0.15) is 0 Å². The maximum atomic E-state index is 12.1. The van der Waals surface area contributed by atoms with Crippen LogP contribution in [0.2, 0.25) is 0 Å². The number of benzene rings is 3. The summed E-state index contributed by atoms with van der Waals surface area (Å²) in [5.41, 5.74) is 1.20. The van der Waals surface area contributed by atoms with Crippen LogP contribution in [0.15, 0.2) is 72.8 Å². The zero-order valence-electron chi connectivity index (χ0n) is 14.7. The molecule has 0 fully saturated rings. The van der Waals surface area contributed by atoms with E-state index in [1.165, 1.54) is 30.3 Å². The average molecular weight is 376 g/mol. The van der Waals surface area contributed by atoms with E-state index in [4.69, 9.17) is 4.74 Å². The van der Waals surface area contributed by atoms with Gasteiger partial charge in [0.25, 0.3) is 11.6 Å². The molecule has 28 heavy (non-hydrogen) atoms. The topological polar surface area (TPSA) is 98.5 Å². The number of carbonyl (C=O) groups is 2. The highest BCUT2D eigenvalue weighted by atomic mass is 16.6. The Balaban J connectivity index is 1.54. The summed E-state index contributed by atoms with van der Waals surface area (Å²) in [6, 6.07) is 18.9. The van der Waals surface area contributed by atoms with Gasteiger partial charge in [-0.1, -0.05) is 36.4 Å². The average Bonchev–Trinajstić information content (AvgIpc) is 2.71. The normalized spacial score (nSPS) is 10.7. The number of non-ortho nitro benzene ring substituents is 1. The van der Waals surface area contributed by atoms with Crippen molar-refractivity contribution < 1.29 is 19.2 Å². The van der Waals surface area contributed by atoms with Gasteiger partial charge < -0.3 is 10.1 Å². The van der Waals surface area contributed by atoms with Crippen LogP contribution in [0, 0.1) is 10.1 Å². The highest BCUT2D eigenvalue weighted by Crippen LogP contribution is 2.22. The molecule has 0 unspecified atom stereocenters. The third-order valence-corrected chi connectivity index (χ3v) is 3.93. The molecule has 0 spiro atoms. The van der Waals surface area contributed by atoms with Crippen LogP contribution in [0.3, 0.4) is 0 Å². The minimum absolute atomic E-state index is 0.0372. The summed E-state index contributed by atoms with van der Waals surface area (Å²) in [6.07, 6.45) is 2.61. The Morgan fingerprint density at radius 1 is 1.00 bits per heavy atom. The van der Waals surface area contributed by atoms with Gasteiger partial charge in [-0.05, 0) is 35.2 Å². The number of esters is 1. The number of nitro benzene ring substituents is 1. The van der Waals surface area contributed by atoms with E-state index in [1.807, 2.05) is 36.4 Å². The molecule has 3 aromatic carbocycles. The summed E-state index contributed by atoms with van der Waals surface area (Å²) in [6.45, 7) is -0.424. The second-order valence-corrected chi connectivity index (χ2v) is 5.86. The Hall–Kier alpha value is -4.00. The van der Waals surface area contributed by atoms with Crippen LogP contribution in [-0.4, -0.2) is 23.4 Å². The van der Waals surface area contributed by atoms with Crippen molar-refractivity contribution in [2.75, 3.05) is 11.9 Å². The number of nitrogens with zero attached hydrogens (tertiary/aromatic N) is 1. The molecule has 1 amide bonds. The van der Waals surface area contributed by atoms with E-state index in [1.54, 1.807) is 6.07 Å². The predicted molar refractivity (Wildman–Crippen MR) is 106 cm³/mol. The molecule has 7 nitrogen and oxygen atoms in total. The number of hydrogen-bond donors (Lipinski definition) is 1. The summed E-state index contributed by atoms with van der Waals surface area (Å²) in [5.74, 6) is -1.14. The molecular weight excluding hydrogens is 360 g/mol. The highest BCUT2D eigenvalue weighted by molar-refractivity contribution is 6.03. The third kappa shape index (κ3) is 4.79. The van der Waals surface area contributed by atoms with Crippen LogP contribution >= 0.6 is 0 Å². The molecule has 0 aliphatic carbocycles. The first-order chi connectivity index (χ1) is 13.5. The largest absolute Gasteiger partial charge is 0.452 e. The van der Waals surface area contributed by atoms with Gasteiger partial charge in [-0.25, -0.2) is 4.79 Å². The van der Waals surface area contributed by atoms with Crippen molar-refractivity contribution in [1.82, 2.24) is 0 Å². The van der Waals surface area contributed by atoms with Crippen molar-refractivity contribution in [3.8, 4) is 0 Å². The fourth-order valence-corrected chi connectivity index (χ4v) is 2.58. The Labute approximate surface area is 160 Å². The highest BCUT2D eigenvalue weighted by Gasteiger charge is 2.08.